The number of thiazole rings is 1. The highest BCUT2D eigenvalue weighted by molar-refractivity contribution is 7.09. The number of nitrogens with one attached hydrogen (secondary N) is 2. The third kappa shape index (κ3) is 6.57. The summed E-state index contributed by atoms with van der Waals surface area (Å²) in [6, 6.07) is 0. The average molecular weight is 282 g/mol. The second kappa shape index (κ2) is 8.91. The smallest absolute Gasteiger partial charge is 0.191 e. The molecule has 1 rings (SSSR count). The van der Waals surface area contributed by atoms with Crippen LogP contribution < -0.4 is 10.6 Å². The zero-order valence-electron chi connectivity index (χ0n) is 12.5. The molecule has 0 radical (unpaired) electrons. The molecule has 2 N–H and O–H groups in total. The number of guanidine groups is 1. The van der Waals surface area contributed by atoms with Crippen molar-refractivity contribution >= 4 is 17.3 Å². The Labute approximate surface area is 120 Å². The molecule has 1 aromatic heterocycles. The number of hydrogen-bond acceptors (Lipinski definition) is 3. The predicted octanol–water partition coefficient (Wildman–Crippen LogP) is 2.94. The van der Waals surface area contributed by atoms with Gasteiger partial charge in [0.15, 0.2) is 5.96 Å². The van der Waals surface area contributed by atoms with Crippen LogP contribution in [-0.2, 0) is 6.54 Å². The van der Waals surface area contributed by atoms with Crippen LogP contribution in [0.3, 0.4) is 0 Å². The average Bonchev–Trinajstić information content (AvgIpc) is 2.77. The number of aryl methyl sites for hydroxylation is 1. The van der Waals surface area contributed by atoms with Gasteiger partial charge in [-0.05, 0) is 32.6 Å². The maximum Gasteiger partial charge on any atom is 0.191 e. The van der Waals surface area contributed by atoms with Crippen molar-refractivity contribution in [1.82, 2.24) is 15.6 Å². The molecule has 5 heteroatoms. The Bertz CT molecular complexity index is 385. The maximum absolute atomic E-state index is 4.60. The van der Waals surface area contributed by atoms with Gasteiger partial charge in [0.05, 0.1) is 17.7 Å². The fourth-order valence-electron chi connectivity index (χ4n) is 1.69. The highest BCUT2D eigenvalue weighted by Crippen LogP contribution is 2.12. The highest BCUT2D eigenvalue weighted by atomic mass is 32.1. The minimum Gasteiger partial charge on any atom is -0.357 e. The van der Waals surface area contributed by atoms with Crippen molar-refractivity contribution in [3.8, 4) is 0 Å². The first kappa shape index (κ1) is 16.0. The highest BCUT2D eigenvalue weighted by Gasteiger charge is 2.02. The van der Waals surface area contributed by atoms with Crippen molar-refractivity contribution in [3.63, 3.8) is 0 Å². The standard InChI is InChI=1S/C14H26N4S/c1-5-15-14(16-8-6-7-11(2)3)17-9-13-12(4)18-10-19-13/h10-11H,5-9H2,1-4H3,(H2,15,16,17). The van der Waals surface area contributed by atoms with Crippen molar-refractivity contribution in [1.29, 1.82) is 0 Å². The van der Waals surface area contributed by atoms with Crippen LogP contribution in [0.15, 0.2) is 10.5 Å². The van der Waals surface area contributed by atoms with Crippen molar-refractivity contribution in [2.75, 3.05) is 13.1 Å². The van der Waals surface area contributed by atoms with E-state index in [0.29, 0.717) is 6.54 Å². The summed E-state index contributed by atoms with van der Waals surface area (Å²) in [6.07, 6.45) is 2.43. The molecule has 19 heavy (non-hydrogen) atoms. The van der Waals surface area contributed by atoms with Crippen LogP contribution in [-0.4, -0.2) is 24.0 Å². The largest absolute Gasteiger partial charge is 0.357 e. The van der Waals surface area contributed by atoms with E-state index in [0.717, 1.165) is 30.7 Å². The molecule has 0 aliphatic carbocycles. The summed E-state index contributed by atoms with van der Waals surface area (Å²) in [4.78, 5) is 10.1. The summed E-state index contributed by atoms with van der Waals surface area (Å²) >= 11 is 1.67. The van der Waals surface area contributed by atoms with Gasteiger partial charge < -0.3 is 10.6 Å². The molecule has 1 heterocycles. The molecule has 0 aliphatic rings. The number of aromatic nitrogens is 1. The Kier molecular flexibility index (Phi) is 7.48. The molecule has 0 aliphatic heterocycles. The molecule has 0 amide bonds. The number of nitrogens with zero attached hydrogens (tertiary/aromatic N) is 2. The summed E-state index contributed by atoms with van der Waals surface area (Å²) in [5.74, 6) is 1.67. The van der Waals surface area contributed by atoms with Crippen LogP contribution in [0.5, 0.6) is 0 Å². The van der Waals surface area contributed by atoms with Crippen LogP contribution in [0, 0.1) is 12.8 Å². The molecule has 0 spiro atoms. The molecule has 0 unspecified atom stereocenters. The van der Waals surface area contributed by atoms with Crippen molar-refractivity contribution in [3.05, 3.63) is 16.1 Å². The molecule has 108 valence electrons. The van der Waals surface area contributed by atoms with E-state index >= 15 is 0 Å². The molecule has 1 aromatic rings. The van der Waals surface area contributed by atoms with Gasteiger partial charge in [0.2, 0.25) is 0 Å². The van der Waals surface area contributed by atoms with Crippen LogP contribution in [0.1, 0.15) is 44.2 Å². The summed E-state index contributed by atoms with van der Waals surface area (Å²) < 4.78 is 0. The Morgan fingerprint density at radius 3 is 2.79 bits per heavy atom. The van der Waals surface area contributed by atoms with Gasteiger partial charge in [-0.15, -0.1) is 11.3 Å². The monoisotopic (exact) mass is 282 g/mol. The lowest BCUT2D eigenvalue weighted by atomic mass is 10.1. The maximum atomic E-state index is 4.60. The SMILES string of the molecule is CCNC(=NCc1scnc1C)NCCCC(C)C. The Hall–Kier alpha value is -1.10. The van der Waals surface area contributed by atoms with Crippen LogP contribution in [0.4, 0.5) is 0 Å². The zero-order chi connectivity index (χ0) is 14.1. The first-order valence-electron chi connectivity index (χ1n) is 7.04. The Morgan fingerprint density at radius 2 is 2.21 bits per heavy atom. The molecule has 4 nitrogen and oxygen atoms in total. The topological polar surface area (TPSA) is 49.3 Å². The summed E-state index contributed by atoms with van der Waals surface area (Å²) in [6.45, 7) is 11.2. The summed E-state index contributed by atoms with van der Waals surface area (Å²) in [5.41, 5.74) is 2.97. The van der Waals surface area contributed by atoms with E-state index in [4.69, 9.17) is 0 Å². The zero-order valence-corrected chi connectivity index (χ0v) is 13.3. The van der Waals surface area contributed by atoms with Crippen LogP contribution in [0.25, 0.3) is 0 Å². The number of rotatable bonds is 7. The van der Waals surface area contributed by atoms with E-state index in [1.54, 1.807) is 11.3 Å². The summed E-state index contributed by atoms with van der Waals surface area (Å²) in [7, 11) is 0. The van der Waals surface area contributed by atoms with Crippen molar-refractivity contribution < 1.29 is 0 Å². The molecule has 0 saturated heterocycles. The fraction of sp³-hybridized carbons (Fsp3) is 0.714. The normalized spacial score (nSPS) is 11.9. The third-order valence-corrected chi connectivity index (χ3v) is 3.74. The van der Waals surface area contributed by atoms with E-state index in [1.165, 1.54) is 17.7 Å². The number of aliphatic imine (C=N–C) groups is 1. The van der Waals surface area contributed by atoms with E-state index in [1.807, 2.05) is 12.4 Å². The van der Waals surface area contributed by atoms with Gasteiger partial charge in [0, 0.05) is 18.0 Å². The van der Waals surface area contributed by atoms with E-state index < -0.39 is 0 Å². The third-order valence-electron chi connectivity index (χ3n) is 2.82. The van der Waals surface area contributed by atoms with Gasteiger partial charge in [-0.2, -0.15) is 0 Å². The lowest BCUT2D eigenvalue weighted by molar-refractivity contribution is 0.549. The first-order chi connectivity index (χ1) is 9.13. The fourth-order valence-corrected chi connectivity index (χ4v) is 2.39. The molecule has 0 atom stereocenters. The lowest BCUT2D eigenvalue weighted by Crippen LogP contribution is -2.37. The van der Waals surface area contributed by atoms with Gasteiger partial charge in [-0.1, -0.05) is 13.8 Å². The summed E-state index contributed by atoms with van der Waals surface area (Å²) in [5, 5.41) is 6.66. The molecule has 0 aromatic carbocycles. The van der Waals surface area contributed by atoms with Crippen molar-refractivity contribution in [2.24, 2.45) is 10.9 Å². The Balaban J connectivity index is 2.40. The molecule has 0 bridgehead atoms. The second-order valence-electron chi connectivity index (χ2n) is 5.02. The van der Waals surface area contributed by atoms with Gasteiger partial charge in [0.25, 0.3) is 0 Å². The van der Waals surface area contributed by atoms with Gasteiger partial charge in [0.1, 0.15) is 0 Å². The Morgan fingerprint density at radius 1 is 1.42 bits per heavy atom. The minimum absolute atomic E-state index is 0.704. The lowest BCUT2D eigenvalue weighted by Gasteiger charge is -2.11. The van der Waals surface area contributed by atoms with Gasteiger partial charge in [-0.25, -0.2) is 9.98 Å². The number of hydrogen-bond donors (Lipinski definition) is 2. The molecule has 0 fully saturated rings. The van der Waals surface area contributed by atoms with E-state index in [2.05, 4.69) is 41.4 Å². The molecular weight excluding hydrogens is 256 g/mol. The molecule has 0 saturated carbocycles. The minimum atomic E-state index is 0.704. The predicted molar refractivity (Wildman–Crippen MR) is 83.7 cm³/mol. The van der Waals surface area contributed by atoms with Crippen LogP contribution in [0.2, 0.25) is 0 Å². The van der Waals surface area contributed by atoms with Gasteiger partial charge >= 0.3 is 0 Å². The van der Waals surface area contributed by atoms with E-state index in [9.17, 15) is 0 Å². The van der Waals surface area contributed by atoms with Crippen LogP contribution >= 0.6 is 11.3 Å². The first-order valence-corrected chi connectivity index (χ1v) is 7.92. The van der Waals surface area contributed by atoms with E-state index in [-0.39, 0.29) is 0 Å². The second-order valence-corrected chi connectivity index (χ2v) is 5.96. The molecular formula is C14H26N4S. The van der Waals surface area contributed by atoms with Crippen molar-refractivity contribution in [2.45, 2.75) is 47.1 Å². The quantitative estimate of drug-likeness (QED) is 0.459. The van der Waals surface area contributed by atoms with Gasteiger partial charge in [-0.3, -0.25) is 0 Å².